The number of aliphatic hydroxyl groups is 1. The van der Waals surface area contributed by atoms with Crippen molar-refractivity contribution < 1.29 is 5.11 Å². The molecule has 0 aromatic rings. The second-order valence-electron chi connectivity index (χ2n) is 2.75. The lowest BCUT2D eigenvalue weighted by Gasteiger charge is -2.29. The van der Waals surface area contributed by atoms with Crippen molar-refractivity contribution in [2.24, 2.45) is 0 Å². The average Bonchev–Trinajstić information content (AvgIpc) is 1.96. The molecule has 0 bridgehead atoms. The zero-order valence-electron chi connectivity index (χ0n) is 5.68. The van der Waals surface area contributed by atoms with E-state index in [4.69, 9.17) is 16.9 Å². The predicted octanol–water partition coefficient (Wildman–Crippen LogP) is 1.42. The summed E-state index contributed by atoms with van der Waals surface area (Å²) in [6.45, 7) is 0. The number of halogens is 1. The summed E-state index contributed by atoms with van der Waals surface area (Å²) in [7, 11) is 0. The lowest BCUT2D eigenvalue weighted by molar-refractivity contribution is 0.0632. The topological polar surface area (TPSA) is 44.0 Å². The number of hydrogen-bond donors (Lipinski definition) is 1. The first-order chi connectivity index (χ1) is 4.69. The molecule has 2 unspecified atom stereocenters. The number of nitrogens with zero attached hydrogens (tertiary/aromatic N) is 1. The van der Waals surface area contributed by atoms with E-state index in [0.717, 1.165) is 19.3 Å². The SMILES string of the molecule is N#CC1(O)CCCCC1Cl. The van der Waals surface area contributed by atoms with E-state index in [-0.39, 0.29) is 5.38 Å². The minimum atomic E-state index is -1.25. The molecule has 1 aliphatic carbocycles. The number of nitriles is 1. The molecule has 0 spiro atoms. The van der Waals surface area contributed by atoms with E-state index in [1.165, 1.54) is 0 Å². The standard InChI is InChI=1S/C7H10ClNO/c8-6-3-1-2-4-7(6,10)5-9/h6,10H,1-4H2. The van der Waals surface area contributed by atoms with Crippen LogP contribution in [0.2, 0.25) is 0 Å². The summed E-state index contributed by atoms with van der Waals surface area (Å²) in [5.41, 5.74) is -1.25. The lowest BCUT2D eigenvalue weighted by Crippen LogP contribution is -2.39. The highest BCUT2D eigenvalue weighted by molar-refractivity contribution is 6.21. The summed E-state index contributed by atoms with van der Waals surface area (Å²) in [6.07, 6.45) is 3.22. The molecule has 1 fully saturated rings. The van der Waals surface area contributed by atoms with E-state index in [1.54, 1.807) is 0 Å². The Balaban J connectivity index is 2.65. The smallest absolute Gasteiger partial charge is 0.167 e. The van der Waals surface area contributed by atoms with Crippen LogP contribution in [-0.2, 0) is 0 Å². The van der Waals surface area contributed by atoms with Crippen molar-refractivity contribution in [3.63, 3.8) is 0 Å². The fourth-order valence-electron chi connectivity index (χ4n) is 1.24. The minimum absolute atomic E-state index is 0.369. The second-order valence-corrected chi connectivity index (χ2v) is 3.28. The number of hydrogen-bond acceptors (Lipinski definition) is 2. The van der Waals surface area contributed by atoms with Crippen LogP contribution in [0.3, 0.4) is 0 Å². The van der Waals surface area contributed by atoms with Crippen molar-refractivity contribution in [2.75, 3.05) is 0 Å². The fourth-order valence-corrected chi connectivity index (χ4v) is 1.55. The molecular weight excluding hydrogens is 150 g/mol. The van der Waals surface area contributed by atoms with Gasteiger partial charge < -0.3 is 5.11 Å². The molecule has 1 saturated carbocycles. The van der Waals surface area contributed by atoms with Crippen LogP contribution < -0.4 is 0 Å². The first kappa shape index (κ1) is 7.84. The van der Waals surface area contributed by atoms with Crippen LogP contribution >= 0.6 is 11.6 Å². The van der Waals surface area contributed by atoms with Crippen LogP contribution in [0.5, 0.6) is 0 Å². The normalized spacial score (nSPS) is 40.7. The van der Waals surface area contributed by atoms with Gasteiger partial charge in [-0.1, -0.05) is 6.42 Å². The van der Waals surface area contributed by atoms with Gasteiger partial charge in [0.15, 0.2) is 5.60 Å². The van der Waals surface area contributed by atoms with E-state index in [2.05, 4.69) is 0 Å². The molecule has 1 N–H and O–H groups in total. The van der Waals surface area contributed by atoms with E-state index in [1.807, 2.05) is 6.07 Å². The van der Waals surface area contributed by atoms with Gasteiger partial charge in [0.05, 0.1) is 11.4 Å². The molecule has 0 radical (unpaired) electrons. The highest BCUT2D eigenvalue weighted by Gasteiger charge is 2.37. The molecule has 0 heterocycles. The van der Waals surface area contributed by atoms with Gasteiger partial charge in [0.25, 0.3) is 0 Å². The zero-order chi connectivity index (χ0) is 7.61. The molecule has 10 heavy (non-hydrogen) atoms. The Morgan fingerprint density at radius 3 is 2.70 bits per heavy atom. The van der Waals surface area contributed by atoms with Gasteiger partial charge in [0.2, 0.25) is 0 Å². The molecule has 1 rings (SSSR count). The molecule has 56 valence electrons. The van der Waals surface area contributed by atoms with Gasteiger partial charge >= 0.3 is 0 Å². The van der Waals surface area contributed by atoms with Crippen LogP contribution in [0.25, 0.3) is 0 Å². The number of rotatable bonds is 0. The fraction of sp³-hybridized carbons (Fsp3) is 0.857. The molecule has 3 heteroatoms. The van der Waals surface area contributed by atoms with Gasteiger partial charge in [-0.05, 0) is 19.3 Å². The Morgan fingerprint density at radius 2 is 2.30 bits per heavy atom. The maximum atomic E-state index is 9.46. The van der Waals surface area contributed by atoms with Gasteiger partial charge in [0.1, 0.15) is 0 Å². The molecule has 0 aromatic heterocycles. The van der Waals surface area contributed by atoms with Crippen LogP contribution in [-0.4, -0.2) is 16.1 Å². The van der Waals surface area contributed by atoms with Crippen molar-refractivity contribution in [3.05, 3.63) is 0 Å². The summed E-state index contributed by atoms with van der Waals surface area (Å²) in [6, 6.07) is 1.85. The quantitative estimate of drug-likeness (QED) is 0.429. The van der Waals surface area contributed by atoms with Crippen LogP contribution in [0.15, 0.2) is 0 Å². The second kappa shape index (κ2) is 2.77. The molecule has 0 amide bonds. The molecule has 0 aromatic carbocycles. The Bertz CT molecular complexity index is 165. The van der Waals surface area contributed by atoms with Gasteiger partial charge in [-0.3, -0.25) is 0 Å². The third-order valence-corrected chi connectivity index (χ3v) is 2.56. The van der Waals surface area contributed by atoms with Crippen molar-refractivity contribution in [1.82, 2.24) is 0 Å². The van der Waals surface area contributed by atoms with Crippen molar-refractivity contribution >= 4 is 11.6 Å². The zero-order valence-corrected chi connectivity index (χ0v) is 6.43. The molecule has 2 nitrogen and oxygen atoms in total. The highest BCUT2D eigenvalue weighted by atomic mass is 35.5. The minimum Gasteiger partial charge on any atom is -0.374 e. The molecule has 1 aliphatic rings. The van der Waals surface area contributed by atoms with Crippen LogP contribution in [0.4, 0.5) is 0 Å². The summed E-state index contributed by atoms with van der Waals surface area (Å²) in [5, 5.41) is 17.6. The highest BCUT2D eigenvalue weighted by Crippen LogP contribution is 2.31. The molecule has 2 atom stereocenters. The van der Waals surface area contributed by atoms with Crippen molar-refractivity contribution in [2.45, 2.75) is 36.7 Å². The summed E-state index contributed by atoms with van der Waals surface area (Å²) >= 11 is 5.75. The van der Waals surface area contributed by atoms with Crippen molar-refractivity contribution in [1.29, 1.82) is 5.26 Å². The van der Waals surface area contributed by atoms with E-state index < -0.39 is 5.60 Å². The van der Waals surface area contributed by atoms with Crippen LogP contribution in [0, 0.1) is 11.3 Å². The van der Waals surface area contributed by atoms with Gasteiger partial charge in [-0.2, -0.15) is 5.26 Å². The summed E-state index contributed by atoms with van der Waals surface area (Å²) in [4.78, 5) is 0. The van der Waals surface area contributed by atoms with Crippen LogP contribution in [0.1, 0.15) is 25.7 Å². The van der Waals surface area contributed by atoms with Gasteiger partial charge in [0, 0.05) is 0 Å². The maximum Gasteiger partial charge on any atom is 0.167 e. The first-order valence-electron chi connectivity index (χ1n) is 3.47. The average molecular weight is 160 g/mol. The summed E-state index contributed by atoms with van der Waals surface area (Å²) in [5.74, 6) is 0. The number of alkyl halides is 1. The summed E-state index contributed by atoms with van der Waals surface area (Å²) < 4.78 is 0. The van der Waals surface area contributed by atoms with Crippen molar-refractivity contribution in [3.8, 4) is 6.07 Å². The monoisotopic (exact) mass is 159 g/mol. The lowest BCUT2D eigenvalue weighted by atomic mass is 9.86. The molecule has 0 saturated heterocycles. The molecular formula is C7H10ClNO. The molecule has 0 aliphatic heterocycles. The van der Waals surface area contributed by atoms with E-state index >= 15 is 0 Å². The Morgan fingerprint density at radius 1 is 1.60 bits per heavy atom. The Kier molecular flexibility index (Phi) is 2.18. The predicted molar refractivity (Wildman–Crippen MR) is 38.7 cm³/mol. The van der Waals surface area contributed by atoms with Gasteiger partial charge in [-0.25, -0.2) is 0 Å². The maximum absolute atomic E-state index is 9.46. The van der Waals surface area contributed by atoms with Gasteiger partial charge in [-0.15, -0.1) is 11.6 Å². The Labute approximate surface area is 65.4 Å². The first-order valence-corrected chi connectivity index (χ1v) is 3.90. The Hall–Kier alpha value is -0.260. The van der Waals surface area contributed by atoms with E-state index in [0.29, 0.717) is 6.42 Å². The third-order valence-electron chi connectivity index (χ3n) is 1.98. The van der Waals surface area contributed by atoms with E-state index in [9.17, 15) is 5.11 Å². The largest absolute Gasteiger partial charge is 0.374 e. The third kappa shape index (κ3) is 1.25.